The largest absolute Gasteiger partial charge is 0.343 e. The zero-order chi connectivity index (χ0) is 11.2. The minimum absolute atomic E-state index is 0. The number of para-hydroxylation sites is 1. The fraction of sp³-hybridized carbons (Fsp3) is 0.467. The Morgan fingerprint density at radius 1 is 1.11 bits per heavy atom. The quantitative estimate of drug-likeness (QED) is 0.772. The van der Waals surface area contributed by atoms with Crippen LogP contribution in [0, 0.1) is 0 Å². The van der Waals surface area contributed by atoms with Crippen LogP contribution in [0.2, 0.25) is 0 Å². The van der Waals surface area contributed by atoms with Crippen molar-refractivity contribution in [3.63, 3.8) is 0 Å². The first kappa shape index (κ1) is 12.1. The van der Waals surface area contributed by atoms with E-state index in [1.807, 2.05) is 0 Å². The van der Waals surface area contributed by atoms with Crippen LogP contribution in [-0.2, 0) is 25.9 Å². The van der Waals surface area contributed by atoms with E-state index in [1.165, 1.54) is 42.1 Å². The molecule has 1 aromatic heterocycles. The molecule has 1 aliphatic carbocycles. The van der Waals surface area contributed by atoms with Crippen LogP contribution in [0.3, 0.4) is 0 Å². The number of halogens is 1. The summed E-state index contributed by atoms with van der Waals surface area (Å²) in [7, 11) is 0. The van der Waals surface area contributed by atoms with Crippen molar-refractivity contribution in [2.75, 3.05) is 6.54 Å². The maximum absolute atomic E-state index is 3.53. The summed E-state index contributed by atoms with van der Waals surface area (Å²) in [6, 6.07) is 6.83. The SMILES string of the molecule is Cl.c1cc2c3c(c1)c1c(n3CCNC2)CCCC1. The van der Waals surface area contributed by atoms with Gasteiger partial charge in [0.15, 0.2) is 0 Å². The minimum Gasteiger partial charge on any atom is -0.343 e. The Hall–Kier alpha value is -0.990. The smallest absolute Gasteiger partial charge is 0.0531 e. The molecule has 0 saturated carbocycles. The van der Waals surface area contributed by atoms with Crippen molar-refractivity contribution in [1.82, 2.24) is 9.88 Å². The second-order valence-electron chi connectivity index (χ2n) is 5.27. The number of aromatic nitrogens is 1. The van der Waals surface area contributed by atoms with E-state index in [4.69, 9.17) is 0 Å². The lowest BCUT2D eigenvalue weighted by molar-refractivity contribution is 0.586. The van der Waals surface area contributed by atoms with Gasteiger partial charge in [-0.1, -0.05) is 18.2 Å². The summed E-state index contributed by atoms with van der Waals surface area (Å²) >= 11 is 0. The minimum atomic E-state index is 0. The molecule has 0 atom stereocenters. The molecule has 0 radical (unpaired) electrons. The molecule has 3 heteroatoms. The van der Waals surface area contributed by atoms with Crippen LogP contribution in [0.25, 0.3) is 10.9 Å². The summed E-state index contributed by atoms with van der Waals surface area (Å²) in [5, 5.41) is 5.05. The molecule has 2 nitrogen and oxygen atoms in total. The van der Waals surface area contributed by atoms with Crippen LogP contribution < -0.4 is 5.32 Å². The Bertz CT molecular complexity index is 586. The maximum Gasteiger partial charge on any atom is 0.0531 e. The highest BCUT2D eigenvalue weighted by molar-refractivity contribution is 5.88. The second-order valence-corrected chi connectivity index (χ2v) is 5.27. The maximum atomic E-state index is 3.53. The molecule has 0 bridgehead atoms. The Morgan fingerprint density at radius 2 is 2.00 bits per heavy atom. The van der Waals surface area contributed by atoms with E-state index < -0.39 is 0 Å². The van der Waals surface area contributed by atoms with Crippen molar-refractivity contribution < 1.29 is 0 Å². The van der Waals surface area contributed by atoms with Crippen LogP contribution in [-0.4, -0.2) is 11.1 Å². The van der Waals surface area contributed by atoms with Gasteiger partial charge in [-0.2, -0.15) is 0 Å². The number of hydrogen-bond acceptors (Lipinski definition) is 1. The van der Waals surface area contributed by atoms with Crippen LogP contribution in [0.5, 0.6) is 0 Å². The first-order chi connectivity index (χ1) is 8.45. The third kappa shape index (κ3) is 1.59. The van der Waals surface area contributed by atoms with E-state index in [0.717, 1.165) is 19.6 Å². The molecule has 0 unspecified atom stereocenters. The van der Waals surface area contributed by atoms with Gasteiger partial charge in [0.2, 0.25) is 0 Å². The van der Waals surface area contributed by atoms with E-state index in [9.17, 15) is 0 Å². The molecule has 2 aromatic rings. The monoisotopic (exact) mass is 262 g/mol. The van der Waals surface area contributed by atoms with E-state index >= 15 is 0 Å². The fourth-order valence-electron chi connectivity index (χ4n) is 3.57. The number of aryl methyl sites for hydroxylation is 1. The zero-order valence-electron chi connectivity index (χ0n) is 10.5. The predicted molar refractivity (Wildman–Crippen MR) is 77.5 cm³/mol. The predicted octanol–water partition coefficient (Wildman–Crippen LogP) is 3.05. The molecular weight excluding hydrogens is 244 g/mol. The average Bonchev–Trinajstić information content (AvgIpc) is 2.56. The van der Waals surface area contributed by atoms with Crippen LogP contribution >= 0.6 is 12.4 Å². The van der Waals surface area contributed by atoms with Gasteiger partial charge in [-0.05, 0) is 36.8 Å². The average molecular weight is 263 g/mol. The van der Waals surface area contributed by atoms with Crippen molar-refractivity contribution in [2.45, 2.75) is 38.8 Å². The lowest BCUT2D eigenvalue weighted by Gasteiger charge is -2.15. The van der Waals surface area contributed by atoms with Gasteiger partial charge >= 0.3 is 0 Å². The third-order valence-electron chi connectivity index (χ3n) is 4.31. The lowest BCUT2D eigenvalue weighted by Crippen LogP contribution is -2.17. The van der Waals surface area contributed by atoms with Gasteiger partial charge < -0.3 is 9.88 Å². The first-order valence-electron chi connectivity index (χ1n) is 6.78. The van der Waals surface area contributed by atoms with E-state index in [2.05, 4.69) is 28.1 Å². The molecule has 1 aliphatic heterocycles. The van der Waals surface area contributed by atoms with Gasteiger partial charge in [0.05, 0.1) is 5.52 Å². The first-order valence-corrected chi connectivity index (χ1v) is 6.78. The molecule has 2 aliphatic rings. The normalized spacial score (nSPS) is 18.0. The zero-order valence-corrected chi connectivity index (χ0v) is 11.4. The topological polar surface area (TPSA) is 17.0 Å². The Kier molecular flexibility index (Phi) is 3.08. The van der Waals surface area contributed by atoms with Gasteiger partial charge in [0.1, 0.15) is 0 Å². The number of nitrogens with one attached hydrogen (secondary N) is 1. The highest BCUT2D eigenvalue weighted by Crippen LogP contribution is 2.34. The summed E-state index contributed by atoms with van der Waals surface area (Å²) in [6.07, 6.45) is 5.31. The molecule has 0 spiro atoms. The van der Waals surface area contributed by atoms with E-state index in [-0.39, 0.29) is 12.4 Å². The van der Waals surface area contributed by atoms with Crippen molar-refractivity contribution in [3.8, 4) is 0 Å². The summed E-state index contributed by atoms with van der Waals surface area (Å²) in [5.74, 6) is 0. The number of benzene rings is 1. The summed E-state index contributed by atoms with van der Waals surface area (Å²) < 4.78 is 2.60. The molecule has 96 valence electrons. The Balaban J connectivity index is 0.000001000. The van der Waals surface area contributed by atoms with Crippen molar-refractivity contribution in [3.05, 3.63) is 35.0 Å². The lowest BCUT2D eigenvalue weighted by atomic mass is 9.95. The van der Waals surface area contributed by atoms with E-state index in [0.29, 0.717) is 0 Å². The fourth-order valence-corrected chi connectivity index (χ4v) is 3.57. The Morgan fingerprint density at radius 3 is 2.94 bits per heavy atom. The molecule has 2 heterocycles. The van der Waals surface area contributed by atoms with Crippen molar-refractivity contribution in [1.29, 1.82) is 0 Å². The highest BCUT2D eigenvalue weighted by Gasteiger charge is 2.22. The van der Waals surface area contributed by atoms with Gasteiger partial charge in [-0.15, -0.1) is 12.4 Å². The second kappa shape index (κ2) is 4.60. The number of rotatable bonds is 0. The standard InChI is InChI=1S/C15H18N2.ClH/c1-2-7-14-12(5-1)13-6-3-4-11-10-16-8-9-17(14)15(11)13;/h3-4,6,16H,1-2,5,7-10H2;1H. The van der Waals surface area contributed by atoms with Gasteiger partial charge in [-0.3, -0.25) is 0 Å². The molecule has 4 rings (SSSR count). The number of fused-ring (bicyclic) bond motifs is 3. The van der Waals surface area contributed by atoms with Crippen molar-refractivity contribution >= 4 is 23.3 Å². The van der Waals surface area contributed by atoms with Crippen molar-refractivity contribution in [2.24, 2.45) is 0 Å². The number of hydrogen-bond donors (Lipinski definition) is 1. The van der Waals surface area contributed by atoms with Gasteiger partial charge in [0, 0.05) is 30.7 Å². The summed E-state index contributed by atoms with van der Waals surface area (Å²) in [4.78, 5) is 0. The summed E-state index contributed by atoms with van der Waals surface area (Å²) in [5.41, 5.74) is 6.27. The highest BCUT2D eigenvalue weighted by atomic mass is 35.5. The molecule has 0 amide bonds. The van der Waals surface area contributed by atoms with Gasteiger partial charge in [0.25, 0.3) is 0 Å². The molecule has 0 fully saturated rings. The van der Waals surface area contributed by atoms with Crippen LogP contribution in [0.4, 0.5) is 0 Å². The summed E-state index contributed by atoms with van der Waals surface area (Å²) in [6.45, 7) is 3.27. The third-order valence-corrected chi connectivity index (χ3v) is 4.31. The van der Waals surface area contributed by atoms with Crippen LogP contribution in [0.15, 0.2) is 18.2 Å². The van der Waals surface area contributed by atoms with Gasteiger partial charge in [-0.25, -0.2) is 0 Å². The molecular formula is C15H19ClN2. The molecule has 1 N–H and O–H groups in total. The van der Waals surface area contributed by atoms with E-state index in [1.54, 1.807) is 11.3 Å². The molecule has 18 heavy (non-hydrogen) atoms. The molecule has 0 saturated heterocycles. The molecule has 1 aromatic carbocycles. The van der Waals surface area contributed by atoms with Crippen LogP contribution in [0.1, 0.15) is 29.7 Å². The Labute approximate surface area is 114 Å². The number of nitrogens with zero attached hydrogens (tertiary/aromatic N) is 1.